The van der Waals surface area contributed by atoms with Crippen LogP contribution >= 0.6 is 11.6 Å². The lowest BCUT2D eigenvalue weighted by molar-refractivity contribution is 0.143. The van der Waals surface area contributed by atoms with Gasteiger partial charge in [0.05, 0.1) is 23.5 Å². The number of anilines is 1. The Morgan fingerprint density at radius 3 is 2.76 bits per heavy atom. The van der Waals surface area contributed by atoms with Crippen LogP contribution in [0.15, 0.2) is 48.9 Å². The highest BCUT2D eigenvalue weighted by atomic mass is 35.5. The molecule has 1 unspecified atom stereocenters. The fourth-order valence-corrected chi connectivity index (χ4v) is 3.96. The number of ether oxygens (including phenoxy) is 1. The van der Waals surface area contributed by atoms with Crippen molar-refractivity contribution in [3.63, 3.8) is 0 Å². The Labute approximate surface area is 174 Å². The average Bonchev–Trinajstić information content (AvgIpc) is 2.75. The molecule has 3 aromatic rings. The van der Waals surface area contributed by atoms with Crippen LogP contribution in [-0.4, -0.2) is 41.8 Å². The maximum absolute atomic E-state index is 13.4. The van der Waals surface area contributed by atoms with E-state index in [4.69, 9.17) is 26.3 Å². The second-order valence-electron chi connectivity index (χ2n) is 7.20. The molecule has 0 spiro atoms. The van der Waals surface area contributed by atoms with Crippen LogP contribution in [0.2, 0.25) is 5.02 Å². The number of nitrogens with zero attached hydrogens (tertiary/aromatic N) is 4. The number of halogens is 2. The van der Waals surface area contributed by atoms with Gasteiger partial charge in [-0.1, -0.05) is 11.6 Å². The highest BCUT2D eigenvalue weighted by Gasteiger charge is 2.23. The molecule has 2 aromatic heterocycles. The number of pyridine rings is 1. The minimum atomic E-state index is -0.292. The third-order valence-electron chi connectivity index (χ3n) is 5.15. The monoisotopic (exact) mass is 412 g/mol. The minimum absolute atomic E-state index is 0.292. The summed E-state index contributed by atoms with van der Waals surface area (Å²) >= 11 is 6.43. The molecule has 3 heterocycles. The lowest BCUT2D eigenvalue weighted by Gasteiger charge is -2.33. The summed E-state index contributed by atoms with van der Waals surface area (Å²) < 4.78 is 18.8. The molecule has 4 rings (SSSR count). The van der Waals surface area contributed by atoms with E-state index in [-0.39, 0.29) is 5.82 Å². The molecular weight excluding hydrogens is 391 g/mol. The third kappa shape index (κ3) is 4.38. The van der Waals surface area contributed by atoms with Gasteiger partial charge in [0.1, 0.15) is 17.3 Å². The van der Waals surface area contributed by atoms with Gasteiger partial charge >= 0.3 is 0 Å². The van der Waals surface area contributed by atoms with E-state index >= 15 is 0 Å². The molecular formula is C22H22ClFN4O. The maximum Gasteiger partial charge on any atom is 0.147 e. The van der Waals surface area contributed by atoms with Gasteiger partial charge in [0.25, 0.3) is 0 Å². The Hall–Kier alpha value is -2.57. The second kappa shape index (κ2) is 8.84. The Kier molecular flexibility index (Phi) is 6.02. The third-order valence-corrected chi connectivity index (χ3v) is 5.45. The summed E-state index contributed by atoms with van der Waals surface area (Å²) in [5.74, 6) is 0.985. The summed E-state index contributed by atoms with van der Waals surface area (Å²) in [7, 11) is 1.74. The van der Waals surface area contributed by atoms with Crippen molar-refractivity contribution in [1.82, 2.24) is 15.0 Å². The van der Waals surface area contributed by atoms with E-state index in [9.17, 15) is 4.39 Å². The molecule has 150 valence electrons. The number of hydrogen-bond donors (Lipinski definition) is 0. The van der Waals surface area contributed by atoms with Crippen LogP contribution in [0, 0.1) is 11.7 Å². The van der Waals surface area contributed by atoms with Crippen LogP contribution in [-0.2, 0) is 4.74 Å². The maximum atomic E-state index is 13.4. The zero-order valence-corrected chi connectivity index (χ0v) is 16.9. The molecule has 0 aliphatic carbocycles. The summed E-state index contributed by atoms with van der Waals surface area (Å²) in [6.07, 6.45) is 7.29. The first kappa shape index (κ1) is 19.7. The fourth-order valence-electron chi connectivity index (χ4n) is 3.75. The predicted octanol–water partition coefficient (Wildman–Crippen LogP) is 4.86. The van der Waals surface area contributed by atoms with Crippen molar-refractivity contribution >= 4 is 17.4 Å². The molecule has 0 amide bonds. The molecule has 1 fully saturated rings. The highest BCUT2D eigenvalue weighted by molar-refractivity contribution is 6.33. The summed E-state index contributed by atoms with van der Waals surface area (Å²) in [6, 6.07) is 8.07. The average molecular weight is 413 g/mol. The molecule has 0 bridgehead atoms. The molecule has 1 saturated heterocycles. The lowest BCUT2D eigenvalue weighted by atomic mass is 9.99. The molecule has 1 aromatic carbocycles. The van der Waals surface area contributed by atoms with Crippen LogP contribution in [0.5, 0.6) is 0 Å². The van der Waals surface area contributed by atoms with Crippen molar-refractivity contribution in [2.45, 2.75) is 12.8 Å². The predicted molar refractivity (Wildman–Crippen MR) is 112 cm³/mol. The Balaban J connectivity index is 1.77. The zero-order valence-electron chi connectivity index (χ0n) is 16.2. The van der Waals surface area contributed by atoms with Crippen molar-refractivity contribution < 1.29 is 9.13 Å². The van der Waals surface area contributed by atoms with Crippen molar-refractivity contribution in [3.05, 3.63) is 59.8 Å². The first-order valence-electron chi connectivity index (χ1n) is 9.62. The van der Waals surface area contributed by atoms with Crippen molar-refractivity contribution in [2.24, 2.45) is 5.92 Å². The van der Waals surface area contributed by atoms with Gasteiger partial charge in [-0.2, -0.15) is 0 Å². The molecule has 0 saturated carbocycles. The van der Waals surface area contributed by atoms with Gasteiger partial charge in [0.15, 0.2) is 0 Å². The van der Waals surface area contributed by atoms with Crippen LogP contribution < -0.4 is 4.90 Å². The van der Waals surface area contributed by atoms with E-state index in [1.54, 1.807) is 37.8 Å². The Morgan fingerprint density at radius 2 is 2.00 bits per heavy atom. The van der Waals surface area contributed by atoms with Crippen LogP contribution in [0.1, 0.15) is 12.8 Å². The van der Waals surface area contributed by atoms with Gasteiger partial charge in [-0.3, -0.25) is 9.97 Å². The van der Waals surface area contributed by atoms with Crippen molar-refractivity contribution in [2.75, 3.05) is 31.7 Å². The molecule has 1 atom stereocenters. The van der Waals surface area contributed by atoms with Gasteiger partial charge in [0.2, 0.25) is 0 Å². The number of rotatable bonds is 5. The van der Waals surface area contributed by atoms with E-state index in [0.717, 1.165) is 49.5 Å². The number of aromatic nitrogens is 3. The number of methoxy groups -OCH3 is 1. The summed E-state index contributed by atoms with van der Waals surface area (Å²) in [5, 5.41) is 0.498. The van der Waals surface area contributed by atoms with Crippen LogP contribution in [0.3, 0.4) is 0 Å². The molecule has 0 N–H and O–H groups in total. The highest BCUT2D eigenvalue weighted by Crippen LogP contribution is 2.35. The van der Waals surface area contributed by atoms with Crippen molar-refractivity contribution in [3.8, 4) is 22.5 Å². The second-order valence-corrected chi connectivity index (χ2v) is 7.60. The SMILES string of the molecule is COCC1CCCN(c2cnc(-c3ccc(F)cc3)c(-c3ccncc3Cl)n2)C1. The summed E-state index contributed by atoms with van der Waals surface area (Å²) in [5.41, 5.74) is 2.85. The Morgan fingerprint density at radius 1 is 1.17 bits per heavy atom. The van der Waals surface area contributed by atoms with Crippen LogP contribution in [0.4, 0.5) is 10.2 Å². The van der Waals surface area contributed by atoms with Gasteiger partial charge in [-0.15, -0.1) is 0 Å². The van der Waals surface area contributed by atoms with E-state index in [0.29, 0.717) is 22.3 Å². The van der Waals surface area contributed by atoms with Gasteiger partial charge in [0, 0.05) is 43.7 Å². The smallest absolute Gasteiger partial charge is 0.147 e. The minimum Gasteiger partial charge on any atom is -0.384 e. The topological polar surface area (TPSA) is 51.1 Å². The van der Waals surface area contributed by atoms with Gasteiger partial charge < -0.3 is 9.64 Å². The normalized spacial score (nSPS) is 16.8. The number of piperidine rings is 1. The standard InChI is InChI=1S/C22H22ClFN4O/c1-29-14-15-3-2-10-28(13-15)20-12-26-21(16-4-6-17(24)7-5-16)22(27-20)18-8-9-25-11-19(18)23/h4-9,11-12,15H,2-3,10,13-14H2,1H3. The molecule has 1 aliphatic rings. The Bertz CT molecular complexity index is 981. The van der Waals surface area contributed by atoms with Gasteiger partial charge in [-0.05, 0) is 49.1 Å². The molecule has 29 heavy (non-hydrogen) atoms. The van der Waals surface area contributed by atoms with E-state index in [1.165, 1.54) is 12.1 Å². The lowest BCUT2D eigenvalue weighted by Crippen LogP contribution is -2.37. The number of benzene rings is 1. The number of hydrogen-bond acceptors (Lipinski definition) is 5. The first-order chi connectivity index (χ1) is 14.2. The molecule has 5 nitrogen and oxygen atoms in total. The zero-order chi connectivity index (χ0) is 20.2. The van der Waals surface area contributed by atoms with Gasteiger partial charge in [-0.25, -0.2) is 9.37 Å². The first-order valence-corrected chi connectivity index (χ1v) is 10.00. The molecule has 0 radical (unpaired) electrons. The summed E-state index contributed by atoms with van der Waals surface area (Å²) in [4.78, 5) is 16.0. The van der Waals surface area contributed by atoms with Crippen molar-refractivity contribution in [1.29, 1.82) is 0 Å². The molecule has 7 heteroatoms. The van der Waals surface area contributed by atoms with E-state index < -0.39 is 0 Å². The molecule has 1 aliphatic heterocycles. The fraction of sp³-hybridized carbons (Fsp3) is 0.318. The van der Waals surface area contributed by atoms with E-state index in [1.807, 2.05) is 6.07 Å². The van der Waals surface area contributed by atoms with E-state index in [2.05, 4.69) is 9.88 Å². The summed E-state index contributed by atoms with van der Waals surface area (Å²) in [6.45, 7) is 2.54. The largest absolute Gasteiger partial charge is 0.384 e. The van der Waals surface area contributed by atoms with Crippen LogP contribution in [0.25, 0.3) is 22.5 Å². The quantitative estimate of drug-likeness (QED) is 0.599.